The van der Waals surface area contributed by atoms with E-state index in [1.165, 1.54) is 0 Å². The van der Waals surface area contributed by atoms with E-state index in [0.717, 1.165) is 0 Å². The zero-order valence-corrected chi connectivity index (χ0v) is 11.7. The number of hydrogen-bond donors (Lipinski definition) is 2. The molecular weight excluding hydrogens is 277 g/mol. The summed E-state index contributed by atoms with van der Waals surface area (Å²) in [5, 5.41) is 12.4. The first-order chi connectivity index (χ1) is 10.0. The van der Waals surface area contributed by atoms with Gasteiger partial charge in [0.25, 0.3) is 5.91 Å². The van der Waals surface area contributed by atoms with Crippen LogP contribution in [0.1, 0.15) is 23.7 Å². The van der Waals surface area contributed by atoms with E-state index < -0.39 is 36.1 Å². The SMILES string of the molecule is CCOC(=O)[C@@H]1C[C@@H](F)[C@H](O)[C@@H]1NC(=O)c1ccccc1. The average Bonchev–Trinajstić information content (AvgIpc) is 2.77. The van der Waals surface area contributed by atoms with E-state index in [1.807, 2.05) is 0 Å². The summed E-state index contributed by atoms with van der Waals surface area (Å²) in [6.07, 6.45) is -3.12. The highest BCUT2D eigenvalue weighted by Crippen LogP contribution is 2.30. The molecule has 0 radical (unpaired) electrons. The van der Waals surface area contributed by atoms with Crippen LogP contribution in [0.3, 0.4) is 0 Å². The van der Waals surface area contributed by atoms with Crippen LogP contribution in [0.2, 0.25) is 0 Å². The third-order valence-corrected chi connectivity index (χ3v) is 3.57. The van der Waals surface area contributed by atoms with Crippen molar-refractivity contribution in [2.45, 2.75) is 31.7 Å². The van der Waals surface area contributed by atoms with Gasteiger partial charge in [0.05, 0.1) is 18.6 Å². The number of carbonyl (C=O) groups excluding carboxylic acids is 2. The fraction of sp³-hybridized carbons (Fsp3) is 0.467. The van der Waals surface area contributed by atoms with E-state index >= 15 is 0 Å². The Morgan fingerprint density at radius 3 is 2.67 bits per heavy atom. The summed E-state index contributed by atoms with van der Waals surface area (Å²) < 4.78 is 18.5. The van der Waals surface area contributed by atoms with E-state index in [-0.39, 0.29) is 13.0 Å². The first-order valence-electron chi connectivity index (χ1n) is 6.89. The molecule has 6 heteroatoms. The van der Waals surface area contributed by atoms with Gasteiger partial charge in [0.15, 0.2) is 0 Å². The number of ether oxygens (including phenoxy) is 1. The molecule has 1 saturated carbocycles. The maximum absolute atomic E-state index is 13.7. The fourth-order valence-electron chi connectivity index (χ4n) is 2.49. The molecule has 0 bridgehead atoms. The maximum Gasteiger partial charge on any atom is 0.311 e. The third-order valence-electron chi connectivity index (χ3n) is 3.57. The number of hydrogen-bond acceptors (Lipinski definition) is 4. The van der Waals surface area contributed by atoms with Gasteiger partial charge in [-0.3, -0.25) is 9.59 Å². The number of carbonyl (C=O) groups is 2. The summed E-state index contributed by atoms with van der Waals surface area (Å²) in [5.74, 6) is -1.93. The Balaban J connectivity index is 2.11. The molecule has 114 valence electrons. The van der Waals surface area contributed by atoms with Gasteiger partial charge in [-0.05, 0) is 25.5 Å². The molecule has 0 saturated heterocycles. The van der Waals surface area contributed by atoms with E-state index in [0.29, 0.717) is 5.56 Å². The van der Waals surface area contributed by atoms with Gasteiger partial charge in [-0.2, -0.15) is 0 Å². The van der Waals surface area contributed by atoms with Crippen molar-refractivity contribution in [1.29, 1.82) is 0 Å². The predicted molar refractivity (Wildman–Crippen MR) is 73.3 cm³/mol. The summed E-state index contributed by atoms with van der Waals surface area (Å²) in [7, 11) is 0. The smallest absolute Gasteiger partial charge is 0.311 e. The molecule has 0 aliphatic heterocycles. The number of aliphatic hydroxyl groups is 1. The van der Waals surface area contributed by atoms with Crippen molar-refractivity contribution >= 4 is 11.9 Å². The van der Waals surface area contributed by atoms with Crippen molar-refractivity contribution in [1.82, 2.24) is 5.32 Å². The second kappa shape index (κ2) is 6.67. The summed E-state index contributed by atoms with van der Waals surface area (Å²) in [6.45, 7) is 1.81. The second-order valence-corrected chi connectivity index (χ2v) is 4.97. The monoisotopic (exact) mass is 295 g/mol. The zero-order chi connectivity index (χ0) is 15.4. The van der Waals surface area contributed by atoms with Crippen LogP contribution in [0.5, 0.6) is 0 Å². The molecule has 4 atom stereocenters. The van der Waals surface area contributed by atoms with Crippen molar-refractivity contribution in [3.8, 4) is 0 Å². The van der Waals surface area contributed by atoms with Crippen LogP contribution in [0.15, 0.2) is 30.3 Å². The highest BCUT2D eigenvalue weighted by molar-refractivity contribution is 5.94. The van der Waals surface area contributed by atoms with Crippen molar-refractivity contribution in [3.05, 3.63) is 35.9 Å². The van der Waals surface area contributed by atoms with Gasteiger partial charge >= 0.3 is 5.97 Å². The molecule has 1 amide bonds. The number of benzene rings is 1. The third kappa shape index (κ3) is 3.39. The number of rotatable bonds is 4. The van der Waals surface area contributed by atoms with Crippen LogP contribution in [0.25, 0.3) is 0 Å². The Morgan fingerprint density at radius 1 is 1.38 bits per heavy atom. The van der Waals surface area contributed by atoms with E-state index in [1.54, 1.807) is 37.3 Å². The number of esters is 1. The largest absolute Gasteiger partial charge is 0.466 e. The minimum Gasteiger partial charge on any atom is -0.466 e. The van der Waals surface area contributed by atoms with Crippen LogP contribution < -0.4 is 5.32 Å². The highest BCUT2D eigenvalue weighted by atomic mass is 19.1. The lowest BCUT2D eigenvalue weighted by molar-refractivity contribution is -0.148. The molecule has 0 aromatic heterocycles. The normalized spacial score (nSPS) is 28.1. The lowest BCUT2D eigenvalue weighted by atomic mass is 10.0. The molecule has 5 nitrogen and oxygen atoms in total. The van der Waals surface area contributed by atoms with Gasteiger partial charge in [0, 0.05) is 5.56 Å². The van der Waals surface area contributed by atoms with Crippen LogP contribution in [-0.2, 0) is 9.53 Å². The minimum atomic E-state index is -1.56. The fourth-order valence-corrected chi connectivity index (χ4v) is 2.49. The van der Waals surface area contributed by atoms with Crippen molar-refractivity contribution in [2.75, 3.05) is 6.61 Å². The Hall–Kier alpha value is -1.95. The lowest BCUT2D eigenvalue weighted by Gasteiger charge is -2.22. The molecule has 21 heavy (non-hydrogen) atoms. The number of alkyl halides is 1. The molecule has 0 spiro atoms. The molecule has 1 aromatic rings. The highest BCUT2D eigenvalue weighted by Gasteiger charge is 2.47. The quantitative estimate of drug-likeness (QED) is 0.815. The molecule has 1 aliphatic rings. The van der Waals surface area contributed by atoms with E-state index in [2.05, 4.69) is 5.32 Å². The summed E-state index contributed by atoms with van der Waals surface area (Å²) in [6, 6.07) is 7.38. The molecule has 2 rings (SSSR count). The average molecular weight is 295 g/mol. The van der Waals surface area contributed by atoms with Crippen LogP contribution in [0.4, 0.5) is 4.39 Å². The second-order valence-electron chi connectivity index (χ2n) is 4.97. The van der Waals surface area contributed by atoms with E-state index in [4.69, 9.17) is 4.74 Å². The summed E-state index contributed by atoms with van der Waals surface area (Å²) in [5.41, 5.74) is 0.384. The molecule has 1 aromatic carbocycles. The molecule has 1 fully saturated rings. The van der Waals surface area contributed by atoms with Gasteiger partial charge in [-0.25, -0.2) is 4.39 Å². The molecule has 0 heterocycles. The van der Waals surface area contributed by atoms with Crippen LogP contribution in [0, 0.1) is 5.92 Å². The molecule has 2 N–H and O–H groups in total. The molecule has 1 aliphatic carbocycles. The number of amides is 1. The van der Waals surface area contributed by atoms with E-state index in [9.17, 15) is 19.1 Å². The van der Waals surface area contributed by atoms with Gasteiger partial charge < -0.3 is 15.2 Å². The lowest BCUT2D eigenvalue weighted by Crippen LogP contribution is -2.47. The van der Waals surface area contributed by atoms with Gasteiger partial charge in [0.2, 0.25) is 0 Å². The Morgan fingerprint density at radius 2 is 2.05 bits per heavy atom. The van der Waals surface area contributed by atoms with Crippen LogP contribution >= 0.6 is 0 Å². The number of halogens is 1. The standard InChI is InChI=1S/C15H18FNO4/c1-2-21-15(20)10-8-11(16)13(18)12(10)17-14(19)9-6-4-3-5-7-9/h3-7,10-13,18H,2,8H2,1H3,(H,17,19)/t10-,11-,12-,13+/m1/s1. The zero-order valence-electron chi connectivity index (χ0n) is 11.7. The first kappa shape index (κ1) is 15.4. The van der Waals surface area contributed by atoms with Crippen LogP contribution in [-0.4, -0.2) is 41.9 Å². The van der Waals surface area contributed by atoms with Gasteiger partial charge in [0.1, 0.15) is 12.3 Å². The first-order valence-corrected chi connectivity index (χ1v) is 6.89. The minimum absolute atomic E-state index is 0.153. The Labute approximate surface area is 122 Å². The van der Waals surface area contributed by atoms with Gasteiger partial charge in [-0.15, -0.1) is 0 Å². The Kier molecular flexibility index (Phi) is 4.90. The maximum atomic E-state index is 13.7. The van der Waals surface area contributed by atoms with Crippen molar-refractivity contribution in [2.24, 2.45) is 5.92 Å². The number of aliphatic hydroxyl groups excluding tert-OH is 1. The van der Waals surface area contributed by atoms with Crippen molar-refractivity contribution in [3.63, 3.8) is 0 Å². The Bertz CT molecular complexity index is 508. The molecular formula is C15H18FNO4. The summed E-state index contributed by atoms with van der Waals surface area (Å²) in [4.78, 5) is 23.9. The van der Waals surface area contributed by atoms with Crippen molar-refractivity contribution < 1.29 is 23.8 Å². The number of nitrogens with one attached hydrogen (secondary N) is 1. The van der Waals surface area contributed by atoms with Gasteiger partial charge in [-0.1, -0.05) is 18.2 Å². The summed E-state index contributed by atoms with van der Waals surface area (Å²) >= 11 is 0. The predicted octanol–water partition coefficient (Wildman–Crippen LogP) is 1.07. The molecule has 0 unspecified atom stereocenters. The topological polar surface area (TPSA) is 75.6 Å².